The van der Waals surface area contributed by atoms with Gasteiger partial charge in [0.25, 0.3) is 0 Å². The molecule has 1 aromatic carbocycles. The Morgan fingerprint density at radius 2 is 2.16 bits per heavy atom. The van der Waals surface area contributed by atoms with Crippen molar-refractivity contribution in [2.45, 2.75) is 6.42 Å². The van der Waals surface area contributed by atoms with Crippen LogP contribution in [0.4, 0.5) is 0 Å². The first kappa shape index (κ1) is 13.1. The number of nitrogens with zero attached hydrogens (tertiary/aromatic N) is 2. The van der Waals surface area contributed by atoms with Crippen molar-refractivity contribution in [2.75, 3.05) is 6.54 Å². The third-order valence-electron chi connectivity index (χ3n) is 2.82. The molecule has 4 nitrogen and oxygen atoms in total. The largest absolute Gasteiger partial charge is 0.352 e. The molecule has 2 aromatic rings. The fourth-order valence-electron chi connectivity index (χ4n) is 1.73. The minimum Gasteiger partial charge on any atom is -0.352 e. The smallest absolute Gasteiger partial charge is 0.244 e. The molecule has 2 rings (SSSR count). The molecule has 0 aliphatic rings. The van der Waals surface area contributed by atoms with E-state index in [1.165, 1.54) is 0 Å². The van der Waals surface area contributed by atoms with E-state index < -0.39 is 0 Å². The van der Waals surface area contributed by atoms with Crippen molar-refractivity contribution in [3.63, 3.8) is 0 Å². The van der Waals surface area contributed by atoms with E-state index in [1.807, 2.05) is 48.1 Å². The van der Waals surface area contributed by atoms with Gasteiger partial charge in [-0.1, -0.05) is 30.3 Å². The lowest BCUT2D eigenvalue weighted by atomic mass is 10.2. The zero-order chi connectivity index (χ0) is 13.5. The number of carbonyl (C=O) groups is 1. The normalized spacial score (nSPS) is 10.8. The summed E-state index contributed by atoms with van der Waals surface area (Å²) in [6, 6.07) is 9.75. The zero-order valence-electron chi connectivity index (χ0n) is 10.9. The van der Waals surface area contributed by atoms with Gasteiger partial charge in [0.15, 0.2) is 0 Å². The van der Waals surface area contributed by atoms with E-state index in [9.17, 15) is 4.79 Å². The molecule has 0 fully saturated rings. The van der Waals surface area contributed by atoms with Crippen LogP contribution >= 0.6 is 0 Å². The Kier molecular flexibility index (Phi) is 4.50. The quantitative estimate of drug-likeness (QED) is 0.828. The maximum absolute atomic E-state index is 11.6. The van der Waals surface area contributed by atoms with E-state index in [1.54, 1.807) is 18.5 Å². The summed E-state index contributed by atoms with van der Waals surface area (Å²) in [4.78, 5) is 15.6. The molecule has 4 heteroatoms. The van der Waals surface area contributed by atoms with E-state index >= 15 is 0 Å². The molecule has 0 saturated heterocycles. The van der Waals surface area contributed by atoms with Crippen LogP contribution in [0.3, 0.4) is 0 Å². The highest BCUT2D eigenvalue weighted by Crippen LogP contribution is 2.00. The number of imidazole rings is 1. The number of aryl methyl sites for hydroxylation is 1. The van der Waals surface area contributed by atoms with Gasteiger partial charge < -0.3 is 9.88 Å². The van der Waals surface area contributed by atoms with E-state index in [0.717, 1.165) is 17.7 Å². The van der Waals surface area contributed by atoms with Gasteiger partial charge in [-0.25, -0.2) is 4.98 Å². The number of hydrogen-bond acceptors (Lipinski definition) is 2. The predicted octanol–water partition coefficient (Wildman–Crippen LogP) is 1.79. The molecule has 0 saturated carbocycles. The molecule has 0 bridgehead atoms. The van der Waals surface area contributed by atoms with Crippen LogP contribution < -0.4 is 5.32 Å². The second-order valence-electron chi connectivity index (χ2n) is 4.28. The first-order valence-corrected chi connectivity index (χ1v) is 6.22. The Labute approximate surface area is 112 Å². The van der Waals surface area contributed by atoms with Crippen LogP contribution in [0.1, 0.15) is 11.3 Å². The van der Waals surface area contributed by atoms with E-state index in [0.29, 0.717) is 6.54 Å². The first-order chi connectivity index (χ1) is 9.25. The summed E-state index contributed by atoms with van der Waals surface area (Å²) in [7, 11) is 1.94. The molecule has 1 N–H and O–H groups in total. The Bertz CT molecular complexity index is 558. The topological polar surface area (TPSA) is 46.9 Å². The van der Waals surface area contributed by atoms with Crippen molar-refractivity contribution in [2.24, 2.45) is 7.05 Å². The number of amides is 1. The summed E-state index contributed by atoms with van der Waals surface area (Å²) in [5, 5.41) is 2.85. The maximum Gasteiger partial charge on any atom is 0.244 e. The highest BCUT2D eigenvalue weighted by Gasteiger charge is 1.99. The van der Waals surface area contributed by atoms with Gasteiger partial charge in [0.1, 0.15) is 0 Å². The Balaban J connectivity index is 1.76. The van der Waals surface area contributed by atoms with Gasteiger partial charge in [-0.05, 0) is 11.6 Å². The van der Waals surface area contributed by atoms with Gasteiger partial charge in [0, 0.05) is 38.0 Å². The van der Waals surface area contributed by atoms with Crippen molar-refractivity contribution < 1.29 is 4.79 Å². The summed E-state index contributed by atoms with van der Waals surface area (Å²) in [6.45, 7) is 0.609. The van der Waals surface area contributed by atoms with E-state index in [-0.39, 0.29) is 5.91 Å². The lowest BCUT2D eigenvalue weighted by Gasteiger charge is -2.03. The number of rotatable bonds is 5. The van der Waals surface area contributed by atoms with Gasteiger partial charge in [0.2, 0.25) is 5.91 Å². The lowest BCUT2D eigenvalue weighted by molar-refractivity contribution is -0.116. The van der Waals surface area contributed by atoms with Crippen LogP contribution in [0.25, 0.3) is 6.08 Å². The van der Waals surface area contributed by atoms with Gasteiger partial charge in [0.05, 0.1) is 6.33 Å². The Morgan fingerprint density at radius 1 is 1.37 bits per heavy atom. The second-order valence-corrected chi connectivity index (χ2v) is 4.28. The molecule has 0 aliphatic heterocycles. The summed E-state index contributed by atoms with van der Waals surface area (Å²) < 4.78 is 1.95. The average Bonchev–Trinajstić information content (AvgIpc) is 2.83. The lowest BCUT2D eigenvalue weighted by Crippen LogP contribution is -2.24. The highest BCUT2D eigenvalue weighted by atomic mass is 16.1. The molecular formula is C15H17N3O. The molecule has 1 aromatic heterocycles. The summed E-state index contributed by atoms with van der Waals surface area (Å²) >= 11 is 0. The van der Waals surface area contributed by atoms with Crippen LogP contribution in [0.2, 0.25) is 0 Å². The van der Waals surface area contributed by atoms with Crippen molar-refractivity contribution >= 4 is 12.0 Å². The second kappa shape index (κ2) is 6.54. The van der Waals surface area contributed by atoms with Gasteiger partial charge in [-0.3, -0.25) is 4.79 Å². The first-order valence-electron chi connectivity index (χ1n) is 6.22. The number of carbonyl (C=O) groups excluding carboxylic acids is 1. The fraction of sp³-hybridized carbons (Fsp3) is 0.200. The minimum absolute atomic E-state index is 0.0778. The summed E-state index contributed by atoms with van der Waals surface area (Å²) in [5.41, 5.74) is 2.12. The van der Waals surface area contributed by atoms with Crippen LogP contribution in [0.15, 0.2) is 48.9 Å². The van der Waals surface area contributed by atoms with Crippen molar-refractivity contribution in [1.82, 2.24) is 14.9 Å². The van der Waals surface area contributed by atoms with Gasteiger partial charge in [-0.2, -0.15) is 0 Å². The third-order valence-corrected chi connectivity index (χ3v) is 2.82. The van der Waals surface area contributed by atoms with E-state index in [4.69, 9.17) is 0 Å². The highest BCUT2D eigenvalue weighted by molar-refractivity contribution is 5.91. The average molecular weight is 255 g/mol. The number of aromatic nitrogens is 2. The number of hydrogen-bond donors (Lipinski definition) is 1. The molecule has 0 radical (unpaired) electrons. The Morgan fingerprint density at radius 3 is 2.84 bits per heavy atom. The standard InChI is InChI=1S/C15H17N3O/c1-18-12-16-11-14(18)9-10-17-15(19)8-7-13-5-3-2-4-6-13/h2-8,11-12H,9-10H2,1H3,(H,17,19). The Hall–Kier alpha value is -2.36. The van der Waals surface area contributed by atoms with Crippen LogP contribution in [0.5, 0.6) is 0 Å². The molecule has 98 valence electrons. The van der Waals surface area contributed by atoms with Crippen LogP contribution in [-0.4, -0.2) is 22.0 Å². The number of benzene rings is 1. The molecule has 1 amide bonds. The molecule has 1 heterocycles. The van der Waals surface area contributed by atoms with Crippen molar-refractivity contribution in [1.29, 1.82) is 0 Å². The fourth-order valence-corrected chi connectivity index (χ4v) is 1.73. The van der Waals surface area contributed by atoms with Gasteiger partial charge >= 0.3 is 0 Å². The monoisotopic (exact) mass is 255 g/mol. The molecular weight excluding hydrogens is 238 g/mol. The molecule has 0 aliphatic carbocycles. The minimum atomic E-state index is -0.0778. The van der Waals surface area contributed by atoms with Crippen molar-refractivity contribution in [3.8, 4) is 0 Å². The summed E-state index contributed by atoms with van der Waals surface area (Å²) in [5.74, 6) is -0.0778. The van der Waals surface area contributed by atoms with Crippen molar-refractivity contribution in [3.05, 3.63) is 60.2 Å². The van der Waals surface area contributed by atoms with E-state index in [2.05, 4.69) is 10.3 Å². The summed E-state index contributed by atoms with van der Waals surface area (Å²) in [6.07, 6.45) is 7.71. The zero-order valence-corrected chi connectivity index (χ0v) is 10.9. The molecule has 19 heavy (non-hydrogen) atoms. The maximum atomic E-state index is 11.6. The SMILES string of the molecule is Cn1cncc1CCNC(=O)C=Cc1ccccc1. The third kappa shape index (κ3) is 4.10. The van der Waals surface area contributed by atoms with Gasteiger partial charge in [-0.15, -0.1) is 0 Å². The number of nitrogens with one attached hydrogen (secondary N) is 1. The predicted molar refractivity (Wildman–Crippen MR) is 75.4 cm³/mol. The molecule has 0 spiro atoms. The van der Waals surface area contributed by atoms with Crippen LogP contribution in [-0.2, 0) is 18.3 Å². The molecule has 0 atom stereocenters. The molecule has 0 unspecified atom stereocenters. The van der Waals surface area contributed by atoms with Crippen LogP contribution in [0, 0.1) is 0 Å².